The fourth-order valence-corrected chi connectivity index (χ4v) is 5.80. The molecule has 6 heteroatoms. The van der Waals surface area contributed by atoms with Gasteiger partial charge in [0.2, 0.25) is 5.91 Å². The van der Waals surface area contributed by atoms with Crippen LogP contribution in [0.1, 0.15) is 54.8 Å². The van der Waals surface area contributed by atoms with Crippen LogP contribution in [-0.2, 0) is 4.79 Å². The maximum absolute atomic E-state index is 13.5. The normalized spacial score (nSPS) is 21.8. The molecule has 1 amide bonds. The first-order valence-electron chi connectivity index (χ1n) is 12.8. The van der Waals surface area contributed by atoms with Gasteiger partial charge in [-0.3, -0.25) is 4.79 Å². The van der Waals surface area contributed by atoms with E-state index < -0.39 is 0 Å². The van der Waals surface area contributed by atoms with Crippen molar-refractivity contribution in [3.05, 3.63) is 71.2 Å². The predicted molar refractivity (Wildman–Crippen MR) is 136 cm³/mol. The second-order valence-electron chi connectivity index (χ2n) is 10.2. The van der Waals surface area contributed by atoms with Crippen LogP contribution in [0.4, 0.5) is 4.39 Å². The molecule has 0 unspecified atom stereocenters. The number of hydrogen-bond donors (Lipinski definition) is 1. The number of rotatable bonds is 7. The number of fused-ring (bicyclic) bond motifs is 1. The molecular weight excluding hydrogens is 441 g/mol. The van der Waals surface area contributed by atoms with Crippen LogP contribution in [0.5, 0.6) is 0 Å². The monoisotopic (exact) mass is 475 g/mol. The highest BCUT2D eigenvalue weighted by atomic mass is 19.1. The lowest BCUT2D eigenvalue weighted by Crippen LogP contribution is -2.39. The molecule has 2 aliphatic rings. The van der Waals surface area contributed by atoms with Crippen LogP contribution in [0.2, 0.25) is 0 Å². The summed E-state index contributed by atoms with van der Waals surface area (Å²) in [5, 5.41) is 8.35. The first kappa shape index (κ1) is 23.7. The third-order valence-corrected chi connectivity index (χ3v) is 7.75. The van der Waals surface area contributed by atoms with Crippen molar-refractivity contribution in [1.29, 1.82) is 0 Å². The molecule has 1 aromatic heterocycles. The molecule has 2 heterocycles. The molecule has 3 aromatic rings. The highest BCUT2D eigenvalue weighted by molar-refractivity contribution is 5.91. The standard InChI is InChI=1S/C29H34FN3O2/c1-20-4-2-5-21(16-20)8-11-28(34)31-18-23-6-3-7-24(23)19-33-14-12-22(13-15-33)29-26-10-9-25(30)17-27(26)35-32-29/h2,4-5,8-11,16-17,22-24H,3,6-7,12-15,18-19H2,1H3,(H,31,34)/b11-8+/t23-,24-/m1/s1. The van der Waals surface area contributed by atoms with Crippen molar-refractivity contribution in [3.8, 4) is 0 Å². The molecule has 5 rings (SSSR count). The molecule has 1 saturated carbocycles. The molecule has 0 bridgehead atoms. The predicted octanol–water partition coefficient (Wildman–Crippen LogP) is 5.70. The molecule has 1 aliphatic carbocycles. The first-order valence-corrected chi connectivity index (χ1v) is 12.8. The Morgan fingerprint density at radius 2 is 1.97 bits per heavy atom. The number of likely N-dealkylation sites (tertiary alicyclic amines) is 1. The zero-order valence-electron chi connectivity index (χ0n) is 20.4. The van der Waals surface area contributed by atoms with Gasteiger partial charge < -0.3 is 14.7 Å². The molecule has 1 saturated heterocycles. The lowest BCUT2D eigenvalue weighted by molar-refractivity contribution is -0.116. The maximum atomic E-state index is 13.5. The lowest BCUT2D eigenvalue weighted by Gasteiger charge is -2.34. The van der Waals surface area contributed by atoms with Crippen LogP contribution in [0.3, 0.4) is 0 Å². The van der Waals surface area contributed by atoms with Crippen LogP contribution in [0, 0.1) is 24.6 Å². The van der Waals surface area contributed by atoms with Gasteiger partial charge in [0.25, 0.3) is 0 Å². The number of aryl methyl sites for hydroxylation is 1. The topological polar surface area (TPSA) is 58.4 Å². The van der Waals surface area contributed by atoms with Crippen LogP contribution >= 0.6 is 0 Å². The molecule has 5 nitrogen and oxygen atoms in total. The fraction of sp³-hybridized carbons (Fsp3) is 0.448. The molecule has 35 heavy (non-hydrogen) atoms. The molecule has 1 aliphatic heterocycles. The molecule has 1 N–H and O–H groups in total. The van der Waals surface area contributed by atoms with E-state index >= 15 is 0 Å². The molecular formula is C29H34FN3O2. The van der Waals surface area contributed by atoms with Crippen molar-refractivity contribution in [3.63, 3.8) is 0 Å². The van der Waals surface area contributed by atoms with E-state index in [2.05, 4.69) is 34.4 Å². The largest absolute Gasteiger partial charge is 0.356 e. The number of nitrogens with zero attached hydrogens (tertiary/aromatic N) is 2. The van der Waals surface area contributed by atoms with Crippen LogP contribution in [0.25, 0.3) is 17.0 Å². The van der Waals surface area contributed by atoms with Gasteiger partial charge in [-0.25, -0.2) is 4.39 Å². The van der Waals surface area contributed by atoms with Gasteiger partial charge in [0, 0.05) is 36.5 Å². The summed E-state index contributed by atoms with van der Waals surface area (Å²) in [6.07, 6.45) is 9.26. The van der Waals surface area contributed by atoms with Crippen molar-refractivity contribution in [1.82, 2.24) is 15.4 Å². The van der Waals surface area contributed by atoms with E-state index in [-0.39, 0.29) is 11.7 Å². The van der Waals surface area contributed by atoms with Crippen molar-refractivity contribution >= 4 is 23.0 Å². The van der Waals surface area contributed by atoms with E-state index in [1.54, 1.807) is 12.1 Å². The van der Waals surface area contributed by atoms with Crippen molar-refractivity contribution in [2.75, 3.05) is 26.2 Å². The molecule has 2 fully saturated rings. The molecule has 2 aromatic carbocycles. The molecule has 0 radical (unpaired) electrons. The smallest absolute Gasteiger partial charge is 0.244 e. The maximum Gasteiger partial charge on any atom is 0.244 e. The second kappa shape index (κ2) is 10.7. The summed E-state index contributed by atoms with van der Waals surface area (Å²) in [4.78, 5) is 14.9. The summed E-state index contributed by atoms with van der Waals surface area (Å²) < 4.78 is 18.8. The van der Waals surface area contributed by atoms with E-state index in [1.165, 1.54) is 37.0 Å². The third-order valence-electron chi connectivity index (χ3n) is 7.75. The van der Waals surface area contributed by atoms with Crippen molar-refractivity contribution < 1.29 is 13.7 Å². The number of amides is 1. The number of aromatic nitrogens is 1. The minimum absolute atomic E-state index is 0.0160. The van der Waals surface area contributed by atoms with Crippen LogP contribution in [0.15, 0.2) is 53.1 Å². The third kappa shape index (κ3) is 5.81. The highest BCUT2D eigenvalue weighted by Crippen LogP contribution is 2.36. The zero-order valence-corrected chi connectivity index (χ0v) is 20.4. The Bertz CT molecular complexity index is 1200. The SMILES string of the molecule is Cc1cccc(/C=C/C(=O)NC[C@H]2CCC[C@@H]2CN2CCC(c3noc4cc(F)ccc34)CC2)c1. The summed E-state index contributed by atoms with van der Waals surface area (Å²) in [5.41, 5.74) is 3.75. The quantitative estimate of drug-likeness (QED) is 0.445. The van der Waals surface area contributed by atoms with E-state index in [0.29, 0.717) is 23.3 Å². The Kier molecular flexibility index (Phi) is 7.28. The van der Waals surface area contributed by atoms with Gasteiger partial charge in [-0.05, 0) is 81.3 Å². The average Bonchev–Trinajstić information content (AvgIpc) is 3.48. The van der Waals surface area contributed by atoms with E-state index in [4.69, 9.17) is 4.52 Å². The Morgan fingerprint density at radius 1 is 1.14 bits per heavy atom. The summed E-state index contributed by atoms with van der Waals surface area (Å²) in [7, 11) is 0. The number of benzene rings is 2. The Hall–Kier alpha value is -2.99. The Labute approximate surface area is 206 Å². The number of piperidine rings is 1. The summed E-state index contributed by atoms with van der Waals surface area (Å²) in [5.74, 6) is 1.22. The first-order chi connectivity index (χ1) is 17.0. The zero-order chi connectivity index (χ0) is 24.2. The van der Waals surface area contributed by atoms with E-state index in [9.17, 15) is 9.18 Å². The number of hydrogen-bond acceptors (Lipinski definition) is 4. The minimum Gasteiger partial charge on any atom is -0.356 e. The fourth-order valence-electron chi connectivity index (χ4n) is 5.80. The summed E-state index contributed by atoms with van der Waals surface area (Å²) in [6, 6.07) is 12.8. The number of nitrogens with one attached hydrogen (secondary N) is 1. The highest BCUT2D eigenvalue weighted by Gasteiger charge is 2.31. The molecule has 184 valence electrons. The van der Waals surface area contributed by atoms with Gasteiger partial charge in [0.15, 0.2) is 5.58 Å². The number of carbonyl (C=O) groups excluding carboxylic acids is 1. The van der Waals surface area contributed by atoms with Crippen molar-refractivity contribution in [2.45, 2.75) is 44.9 Å². The summed E-state index contributed by atoms with van der Waals surface area (Å²) in [6.45, 7) is 5.97. The molecule has 2 atom stereocenters. The lowest BCUT2D eigenvalue weighted by atomic mass is 9.89. The van der Waals surface area contributed by atoms with Crippen molar-refractivity contribution in [2.24, 2.45) is 11.8 Å². The summed E-state index contributed by atoms with van der Waals surface area (Å²) >= 11 is 0. The Morgan fingerprint density at radius 3 is 2.80 bits per heavy atom. The van der Waals surface area contributed by atoms with Gasteiger partial charge in [-0.15, -0.1) is 0 Å². The van der Waals surface area contributed by atoms with E-state index in [1.807, 2.05) is 18.2 Å². The molecule has 0 spiro atoms. The minimum atomic E-state index is -0.292. The van der Waals surface area contributed by atoms with Gasteiger partial charge in [-0.1, -0.05) is 41.4 Å². The number of halogens is 1. The number of carbonyl (C=O) groups is 1. The van der Waals surface area contributed by atoms with Gasteiger partial charge in [0.05, 0.1) is 5.69 Å². The Balaban J connectivity index is 1.09. The second-order valence-corrected chi connectivity index (χ2v) is 10.2. The van der Waals surface area contributed by atoms with Gasteiger partial charge >= 0.3 is 0 Å². The van der Waals surface area contributed by atoms with E-state index in [0.717, 1.165) is 55.7 Å². The average molecular weight is 476 g/mol. The van der Waals surface area contributed by atoms with Crippen LogP contribution in [-0.4, -0.2) is 42.1 Å². The van der Waals surface area contributed by atoms with Crippen LogP contribution < -0.4 is 5.32 Å². The van der Waals surface area contributed by atoms with Gasteiger partial charge in [-0.2, -0.15) is 0 Å². The van der Waals surface area contributed by atoms with Gasteiger partial charge in [0.1, 0.15) is 5.82 Å².